The number of carboxylic acids is 2. The number of aliphatic carboxylic acids is 2. The zero-order chi connectivity index (χ0) is 21.3. The number of amides is 1. The molecular weight excluding hydrogens is 387 g/mol. The van der Waals surface area contributed by atoms with Crippen molar-refractivity contribution in [3.8, 4) is 0 Å². The molecular formula is C12H22F3N3O7S. The number of carbonyl (C=O) groups excluding carboxylic acids is 1. The van der Waals surface area contributed by atoms with Crippen LogP contribution in [-0.2, 0) is 24.4 Å². The van der Waals surface area contributed by atoms with E-state index in [4.69, 9.17) is 20.7 Å². The van der Waals surface area contributed by atoms with Crippen LogP contribution in [0.25, 0.3) is 0 Å². The second kappa shape index (κ2) is 10.9. The van der Waals surface area contributed by atoms with Crippen LogP contribution in [0.1, 0.15) is 26.7 Å². The first-order chi connectivity index (χ1) is 11.5. The topological polar surface area (TPSA) is 181 Å². The summed E-state index contributed by atoms with van der Waals surface area (Å²) in [5, 5.41) is 20.4. The van der Waals surface area contributed by atoms with Gasteiger partial charge in [0.25, 0.3) is 0 Å². The third kappa shape index (κ3) is 11.6. The fourth-order valence-electron chi connectivity index (χ4n) is 1.55. The molecule has 0 aromatic heterocycles. The molecule has 10 nitrogen and oxygen atoms in total. The monoisotopic (exact) mass is 409 g/mol. The van der Waals surface area contributed by atoms with Crippen molar-refractivity contribution in [2.45, 2.75) is 44.9 Å². The molecule has 1 saturated heterocycles. The molecule has 1 amide bonds. The van der Waals surface area contributed by atoms with Gasteiger partial charge in [0.2, 0.25) is 15.9 Å². The Morgan fingerprint density at radius 3 is 1.88 bits per heavy atom. The van der Waals surface area contributed by atoms with Crippen molar-refractivity contribution in [2.75, 3.05) is 12.3 Å². The number of alkyl halides is 3. The van der Waals surface area contributed by atoms with Crippen molar-refractivity contribution in [3.63, 3.8) is 0 Å². The van der Waals surface area contributed by atoms with Gasteiger partial charge in [-0.25, -0.2) is 23.1 Å². The quantitative estimate of drug-likeness (QED) is 0.474. The Morgan fingerprint density at radius 1 is 1.27 bits per heavy atom. The van der Waals surface area contributed by atoms with Crippen LogP contribution in [0.5, 0.6) is 0 Å². The Hall–Kier alpha value is -1.93. The Labute approximate surface area is 148 Å². The molecule has 0 saturated carbocycles. The molecule has 0 aromatic carbocycles. The molecule has 0 bridgehead atoms. The smallest absolute Gasteiger partial charge is 0.480 e. The number of rotatable bonds is 3. The maximum absolute atomic E-state index is 11.4. The third-order valence-corrected chi connectivity index (χ3v) is 3.66. The van der Waals surface area contributed by atoms with E-state index in [1.165, 1.54) is 11.8 Å². The predicted molar refractivity (Wildman–Crippen MR) is 83.4 cm³/mol. The summed E-state index contributed by atoms with van der Waals surface area (Å²) < 4.78 is 51.3. The summed E-state index contributed by atoms with van der Waals surface area (Å²) in [6.07, 6.45) is -3.80. The molecule has 1 fully saturated rings. The first-order valence-corrected chi connectivity index (χ1v) is 8.85. The van der Waals surface area contributed by atoms with Gasteiger partial charge in [-0.2, -0.15) is 13.2 Å². The SMILES string of the molecule is CCS(N)(=O)=O.C[C@H](N)C(=O)N1CCC[C@H]1C(=O)O.O=C(O)C(F)(F)F. The Kier molecular flexibility index (Phi) is 11.1. The Morgan fingerprint density at radius 2 is 1.65 bits per heavy atom. The van der Waals surface area contributed by atoms with E-state index in [1.807, 2.05) is 0 Å². The molecule has 0 radical (unpaired) electrons. The van der Waals surface area contributed by atoms with Gasteiger partial charge in [-0.1, -0.05) is 0 Å². The van der Waals surface area contributed by atoms with Crippen molar-refractivity contribution in [3.05, 3.63) is 0 Å². The standard InChI is InChI=1S/C8H14N2O3.C2HF3O2.C2H7NO2S/c1-5(9)7(11)10-4-2-3-6(10)8(12)13;3-2(4,5)1(6)7;1-2-6(3,4)5/h5-6H,2-4,9H2,1H3,(H,12,13);(H,6,7);2H2,1H3,(H2,3,4,5)/t5-,6-;;/m0../s1. The first kappa shape index (κ1) is 26.3. The fourth-order valence-corrected chi connectivity index (χ4v) is 1.55. The van der Waals surface area contributed by atoms with Crippen LogP contribution < -0.4 is 10.9 Å². The van der Waals surface area contributed by atoms with Crippen LogP contribution in [0.2, 0.25) is 0 Å². The molecule has 0 aliphatic carbocycles. The van der Waals surface area contributed by atoms with Crippen molar-refractivity contribution in [1.82, 2.24) is 4.90 Å². The van der Waals surface area contributed by atoms with Gasteiger partial charge in [-0.15, -0.1) is 0 Å². The number of halogens is 3. The van der Waals surface area contributed by atoms with Crippen molar-refractivity contribution in [1.29, 1.82) is 0 Å². The minimum absolute atomic E-state index is 0.0208. The molecule has 0 aromatic rings. The van der Waals surface area contributed by atoms with E-state index >= 15 is 0 Å². The van der Waals surface area contributed by atoms with Gasteiger partial charge in [0.1, 0.15) is 6.04 Å². The van der Waals surface area contributed by atoms with Crippen molar-refractivity contribution < 1.29 is 46.2 Å². The maximum atomic E-state index is 11.4. The van der Waals surface area contributed by atoms with E-state index in [9.17, 15) is 31.2 Å². The van der Waals surface area contributed by atoms with Crippen LogP contribution in [0, 0.1) is 0 Å². The number of nitrogens with two attached hydrogens (primary N) is 2. The van der Waals surface area contributed by atoms with Crippen LogP contribution in [0.15, 0.2) is 0 Å². The Bertz CT molecular complexity index is 593. The predicted octanol–water partition coefficient (Wildman–Crippen LogP) is -0.663. The van der Waals surface area contributed by atoms with Crippen LogP contribution in [0.3, 0.4) is 0 Å². The summed E-state index contributed by atoms with van der Waals surface area (Å²) in [5.74, 6) is -3.95. The lowest BCUT2D eigenvalue weighted by Gasteiger charge is -2.22. The van der Waals surface area contributed by atoms with Gasteiger partial charge in [-0.3, -0.25) is 4.79 Å². The minimum Gasteiger partial charge on any atom is -0.480 e. The molecule has 0 spiro atoms. The first-order valence-electron chi connectivity index (χ1n) is 7.14. The summed E-state index contributed by atoms with van der Waals surface area (Å²) in [6, 6.07) is -1.28. The number of hydrogen-bond acceptors (Lipinski definition) is 6. The largest absolute Gasteiger partial charge is 0.490 e. The minimum atomic E-state index is -5.08. The van der Waals surface area contributed by atoms with E-state index in [0.717, 1.165) is 6.42 Å². The highest BCUT2D eigenvalue weighted by molar-refractivity contribution is 7.89. The number of sulfonamides is 1. The summed E-state index contributed by atoms with van der Waals surface area (Å²) in [5.41, 5.74) is 5.39. The molecule has 2 atom stereocenters. The summed E-state index contributed by atoms with van der Waals surface area (Å²) >= 11 is 0. The molecule has 154 valence electrons. The van der Waals surface area contributed by atoms with Crippen LogP contribution in [0.4, 0.5) is 13.2 Å². The molecule has 1 rings (SSSR count). The number of carbonyl (C=O) groups is 3. The molecule has 1 aliphatic heterocycles. The maximum Gasteiger partial charge on any atom is 0.490 e. The van der Waals surface area contributed by atoms with Gasteiger partial charge in [0.15, 0.2) is 0 Å². The lowest BCUT2D eigenvalue weighted by Crippen LogP contribution is -2.47. The van der Waals surface area contributed by atoms with Crippen molar-refractivity contribution in [2.24, 2.45) is 10.9 Å². The van der Waals surface area contributed by atoms with E-state index in [1.54, 1.807) is 6.92 Å². The molecule has 0 unspecified atom stereocenters. The van der Waals surface area contributed by atoms with Gasteiger partial charge >= 0.3 is 18.1 Å². The average Bonchev–Trinajstić information content (AvgIpc) is 2.95. The zero-order valence-electron chi connectivity index (χ0n) is 14.1. The summed E-state index contributed by atoms with van der Waals surface area (Å²) in [7, 11) is -3.16. The highest BCUT2D eigenvalue weighted by Crippen LogP contribution is 2.17. The average molecular weight is 409 g/mol. The van der Waals surface area contributed by atoms with Crippen LogP contribution >= 0.6 is 0 Å². The number of nitrogens with zero attached hydrogens (tertiary/aromatic N) is 1. The van der Waals surface area contributed by atoms with Crippen molar-refractivity contribution >= 4 is 27.9 Å². The van der Waals surface area contributed by atoms with E-state index < -0.39 is 40.2 Å². The second-order valence-corrected chi connectivity index (χ2v) is 6.97. The molecule has 26 heavy (non-hydrogen) atoms. The highest BCUT2D eigenvalue weighted by Gasteiger charge is 2.38. The highest BCUT2D eigenvalue weighted by atomic mass is 32.2. The van der Waals surface area contributed by atoms with Gasteiger partial charge < -0.3 is 20.8 Å². The van der Waals surface area contributed by atoms with E-state index in [2.05, 4.69) is 5.14 Å². The van der Waals surface area contributed by atoms with Gasteiger partial charge in [-0.05, 0) is 26.7 Å². The second-order valence-electron chi connectivity index (χ2n) is 5.07. The molecule has 1 heterocycles. The van der Waals surface area contributed by atoms with E-state index in [-0.39, 0.29) is 11.7 Å². The van der Waals surface area contributed by atoms with Gasteiger partial charge in [0, 0.05) is 6.54 Å². The third-order valence-electron chi connectivity index (χ3n) is 2.86. The summed E-state index contributed by atoms with van der Waals surface area (Å²) in [4.78, 5) is 32.4. The lowest BCUT2D eigenvalue weighted by atomic mass is 10.2. The van der Waals surface area contributed by atoms with Crippen LogP contribution in [-0.4, -0.2) is 71.9 Å². The molecule has 1 aliphatic rings. The van der Waals surface area contributed by atoms with Gasteiger partial charge in [0.05, 0.1) is 11.8 Å². The van der Waals surface area contributed by atoms with E-state index in [0.29, 0.717) is 13.0 Å². The Balaban J connectivity index is 0. The zero-order valence-corrected chi connectivity index (χ0v) is 14.9. The number of carboxylic acid groups (broad SMARTS) is 2. The number of likely N-dealkylation sites (tertiary alicyclic amines) is 1. The summed E-state index contributed by atoms with van der Waals surface area (Å²) in [6.45, 7) is 3.58. The molecule has 14 heteroatoms. The number of primary sulfonamides is 1. The molecule has 6 N–H and O–H groups in total. The lowest BCUT2D eigenvalue weighted by molar-refractivity contribution is -0.192. The fraction of sp³-hybridized carbons (Fsp3) is 0.750. The number of hydrogen-bond donors (Lipinski definition) is 4. The normalized spacial score (nSPS) is 18.0.